The third-order valence-electron chi connectivity index (χ3n) is 4.48. The molecule has 0 spiro atoms. The second-order valence-corrected chi connectivity index (χ2v) is 8.33. The fourth-order valence-corrected chi connectivity index (χ4v) is 3.91. The molecule has 0 saturated carbocycles. The number of carbonyl (C=O) groups excluding carboxylic acids is 1. The van der Waals surface area contributed by atoms with Gasteiger partial charge in [0.05, 0.1) is 11.0 Å². The summed E-state index contributed by atoms with van der Waals surface area (Å²) in [5.41, 5.74) is 6.11. The number of amides is 1. The summed E-state index contributed by atoms with van der Waals surface area (Å²) in [5, 5.41) is 2.89. The molecule has 2 unspecified atom stereocenters. The molecule has 1 aliphatic heterocycles. The summed E-state index contributed by atoms with van der Waals surface area (Å²) in [6.45, 7) is 3.41. The van der Waals surface area contributed by atoms with Crippen LogP contribution in [0.15, 0.2) is 29.2 Å². The standard InChI is InChI=1S/C18H29N3O4S/c1-2-3-5-15(12-19)21-18(22)14-7-9-17(10-8-14)26(23,24)20-13-16-6-4-11-25-16/h7-10,15-16,20H,2-6,11-13,19H2,1H3,(H,21,22). The molecule has 1 aromatic carbocycles. The first-order valence-corrected chi connectivity index (χ1v) is 10.7. The summed E-state index contributed by atoms with van der Waals surface area (Å²) >= 11 is 0. The van der Waals surface area contributed by atoms with E-state index in [-0.39, 0.29) is 29.5 Å². The van der Waals surface area contributed by atoms with Gasteiger partial charge in [-0.1, -0.05) is 19.8 Å². The number of ether oxygens (including phenoxy) is 1. The molecular formula is C18H29N3O4S. The highest BCUT2D eigenvalue weighted by Crippen LogP contribution is 2.14. The third-order valence-corrected chi connectivity index (χ3v) is 5.92. The number of unbranched alkanes of at least 4 members (excludes halogenated alkanes) is 1. The van der Waals surface area contributed by atoms with Gasteiger partial charge in [0, 0.05) is 31.3 Å². The van der Waals surface area contributed by atoms with E-state index in [1.807, 2.05) is 0 Å². The lowest BCUT2D eigenvalue weighted by molar-refractivity contribution is 0.0935. The second-order valence-electron chi connectivity index (χ2n) is 6.56. The number of rotatable bonds is 10. The average molecular weight is 384 g/mol. The average Bonchev–Trinajstić information content (AvgIpc) is 3.17. The molecule has 2 atom stereocenters. The number of nitrogens with one attached hydrogen (secondary N) is 2. The second kappa shape index (κ2) is 10.0. The van der Waals surface area contributed by atoms with E-state index in [1.165, 1.54) is 24.3 Å². The molecule has 0 bridgehead atoms. The Morgan fingerprint density at radius 3 is 2.65 bits per heavy atom. The maximum absolute atomic E-state index is 12.3. The van der Waals surface area contributed by atoms with Crippen molar-refractivity contribution in [2.24, 2.45) is 5.73 Å². The number of sulfonamides is 1. The van der Waals surface area contributed by atoms with Crippen molar-refractivity contribution in [1.29, 1.82) is 0 Å². The van der Waals surface area contributed by atoms with Crippen LogP contribution in [0.1, 0.15) is 49.4 Å². The van der Waals surface area contributed by atoms with Crippen LogP contribution in [-0.2, 0) is 14.8 Å². The van der Waals surface area contributed by atoms with Crippen molar-refractivity contribution in [3.63, 3.8) is 0 Å². The van der Waals surface area contributed by atoms with Crippen LogP contribution in [-0.4, -0.2) is 46.2 Å². The lowest BCUT2D eigenvalue weighted by Gasteiger charge is -2.16. The highest BCUT2D eigenvalue weighted by molar-refractivity contribution is 7.89. The Kier molecular flexibility index (Phi) is 8.02. The van der Waals surface area contributed by atoms with E-state index in [1.54, 1.807) is 0 Å². The minimum Gasteiger partial charge on any atom is -0.377 e. The molecule has 1 fully saturated rings. The predicted octanol–water partition coefficient (Wildman–Crippen LogP) is 1.39. The largest absolute Gasteiger partial charge is 0.377 e. The van der Waals surface area contributed by atoms with Gasteiger partial charge in [-0.3, -0.25) is 4.79 Å². The minimum absolute atomic E-state index is 0.0638. The Balaban J connectivity index is 1.94. The molecule has 8 heteroatoms. The van der Waals surface area contributed by atoms with Gasteiger partial charge in [-0.15, -0.1) is 0 Å². The molecule has 26 heavy (non-hydrogen) atoms. The van der Waals surface area contributed by atoms with Gasteiger partial charge in [-0.2, -0.15) is 0 Å². The molecule has 1 heterocycles. The maximum atomic E-state index is 12.3. The van der Waals surface area contributed by atoms with Gasteiger partial charge in [0.1, 0.15) is 0 Å². The lowest BCUT2D eigenvalue weighted by atomic mass is 10.1. The summed E-state index contributed by atoms with van der Waals surface area (Å²) in [4.78, 5) is 12.4. The van der Waals surface area contributed by atoms with Gasteiger partial charge in [0.25, 0.3) is 5.91 Å². The highest BCUT2D eigenvalue weighted by atomic mass is 32.2. The monoisotopic (exact) mass is 383 g/mol. The van der Waals surface area contributed by atoms with Crippen LogP contribution in [0.5, 0.6) is 0 Å². The summed E-state index contributed by atoms with van der Waals surface area (Å²) < 4.78 is 32.6. The van der Waals surface area contributed by atoms with Crippen LogP contribution < -0.4 is 15.8 Å². The van der Waals surface area contributed by atoms with Crippen molar-refractivity contribution in [3.8, 4) is 0 Å². The fraction of sp³-hybridized carbons (Fsp3) is 0.611. The quantitative estimate of drug-likeness (QED) is 0.565. The Hall–Kier alpha value is -1.48. The Morgan fingerprint density at radius 1 is 1.35 bits per heavy atom. The van der Waals surface area contributed by atoms with Crippen molar-refractivity contribution >= 4 is 15.9 Å². The molecule has 146 valence electrons. The van der Waals surface area contributed by atoms with E-state index >= 15 is 0 Å². The first-order valence-electron chi connectivity index (χ1n) is 9.18. The van der Waals surface area contributed by atoms with E-state index in [2.05, 4.69) is 17.0 Å². The normalized spacial score (nSPS) is 18.6. The molecule has 1 aromatic rings. The van der Waals surface area contributed by atoms with Crippen LogP contribution >= 0.6 is 0 Å². The van der Waals surface area contributed by atoms with Crippen LogP contribution in [0.25, 0.3) is 0 Å². The molecule has 2 rings (SSSR count). The zero-order valence-electron chi connectivity index (χ0n) is 15.2. The first kappa shape index (κ1) is 20.8. The Labute approximate surface area is 155 Å². The molecule has 7 nitrogen and oxygen atoms in total. The van der Waals surface area contributed by atoms with Crippen LogP contribution in [0.2, 0.25) is 0 Å². The van der Waals surface area contributed by atoms with Gasteiger partial charge < -0.3 is 15.8 Å². The smallest absolute Gasteiger partial charge is 0.251 e. The molecule has 1 amide bonds. The SMILES string of the molecule is CCCCC(CN)NC(=O)c1ccc(S(=O)(=O)NCC2CCCO2)cc1. The number of nitrogens with two attached hydrogens (primary N) is 1. The molecule has 0 aliphatic carbocycles. The predicted molar refractivity (Wildman–Crippen MR) is 100 cm³/mol. The maximum Gasteiger partial charge on any atom is 0.251 e. The molecule has 1 saturated heterocycles. The minimum atomic E-state index is -3.61. The number of hydrogen-bond acceptors (Lipinski definition) is 5. The fourth-order valence-electron chi connectivity index (χ4n) is 2.84. The summed E-state index contributed by atoms with van der Waals surface area (Å²) in [7, 11) is -3.61. The van der Waals surface area contributed by atoms with Crippen molar-refractivity contribution in [3.05, 3.63) is 29.8 Å². The number of carbonyl (C=O) groups is 1. The molecule has 0 aromatic heterocycles. The Bertz CT molecular complexity index is 670. The van der Waals surface area contributed by atoms with Crippen molar-refractivity contribution in [2.45, 2.75) is 56.1 Å². The van der Waals surface area contributed by atoms with E-state index in [4.69, 9.17) is 10.5 Å². The van der Waals surface area contributed by atoms with E-state index in [0.29, 0.717) is 18.7 Å². The zero-order chi connectivity index (χ0) is 19.0. The molecule has 1 aliphatic rings. The van der Waals surface area contributed by atoms with E-state index in [9.17, 15) is 13.2 Å². The first-order chi connectivity index (χ1) is 12.5. The van der Waals surface area contributed by atoms with E-state index in [0.717, 1.165) is 32.1 Å². The van der Waals surface area contributed by atoms with Gasteiger partial charge in [-0.25, -0.2) is 13.1 Å². The van der Waals surface area contributed by atoms with Crippen LogP contribution in [0.4, 0.5) is 0 Å². The van der Waals surface area contributed by atoms with Crippen LogP contribution in [0.3, 0.4) is 0 Å². The highest BCUT2D eigenvalue weighted by Gasteiger charge is 2.20. The van der Waals surface area contributed by atoms with Gasteiger partial charge >= 0.3 is 0 Å². The molecular weight excluding hydrogens is 354 g/mol. The summed E-state index contributed by atoms with van der Waals surface area (Å²) in [5.74, 6) is -0.243. The molecule has 0 radical (unpaired) electrons. The topological polar surface area (TPSA) is 111 Å². The van der Waals surface area contributed by atoms with Gasteiger partial charge in [0.2, 0.25) is 10.0 Å². The summed E-state index contributed by atoms with van der Waals surface area (Å²) in [6.07, 6.45) is 4.62. The Morgan fingerprint density at radius 2 is 2.08 bits per heavy atom. The van der Waals surface area contributed by atoms with Crippen LogP contribution in [0, 0.1) is 0 Å². The van der Waals surface area contributed by atoms with Crippen molar-refractivity contribution in [2.75, 3.05) is 19.7 Å². The number of hydrogen-bond donors (Lipinski definition) is 3. The lowest BCUT2D eigenvalue weighted by Crippen LogP contribution is -2.40. The number of benzene rings is 1. The van der Waals surface area contributed by atoms with Gasteiger partial charge in [-0.05, 0) is 43.5 Å². The zero-order valence-corrected chi connectivity index (χ0v) is 16.1. The van der Waals surface area contributed by atoms with Gasteiger partial charge in [0.15, 0.2) is 0 Å². The summed E-state index contributed by atoms with van der Waals surface area (Å²) in [6, 6.07) is 5.85. The molecule has 4 N–H and O–H groups in total. The van der Waals surface area contributed by atoms with E-state index < -0.39 is 10.0 Å². The van der Waals surface area contributed by atoms with Crippen molar-refractivity contribution < 1.29 is 17.9 Å². The third kappa shape index (κ3) is 6.05. The van der Waals surface area contributed by atoms with Crippen molar-refractivity contribution in [1.82, 2.24) is 10.0 Å².